The summed E-state index contributed by atoms with van der Waals surface area (Å²) >= 11 is 0. The lowest BCUT2D eigenvalue weighted by Gasteiger charge is -2.01. The van der Waals surface area contributed by atoms with Crippen LogP contribution in [0.15, 0.2) is 12.1 Å². The van der Waals surface area contributed by atoms with Gasteiger partial charge in [0.2, 0.25) is 0 Å². The number of rotatable bonds is 1. The van der Waals surface area contributed by atoms with Crippen molar-refractivity contribution in [2.75, 3.05) is 5.73 Å². The Hall–Kier alpha value is -2.07. The van der Waals surface area contributed by atoms with Crippen molar-refractivity contribution in [3.05, 3.63) is 29.1 Å². The van der Waals surface area contributed by atoms with Gasteiger partial charge >= 0.3 is 0 Å². The first-order valence-electron chi connectivity index (χ1n) is 3.54. The Kier molecular flexibility index (Phi) is 2.47. The lowest BCUT2D eigenvalue weighted by atomic mass is 10.1. The Labute approximate surface area is 74.8 Å². The number of nitriles is 2. The minimum Gasteiger partial charge on any atom is -0.399 e. The van der Waals surface area contributed by atoms with E-state index in [1.54, 1.807) is 12.1 Å². The molecule has 0 heterocycles. The van der Waals surface area contributed by atoms with Crippen molar-refractivity contribution in [3.63, 3.8) is 0 Å². The Balaban J connectivity index is 3.31. The molecule has 0 aromatic heterocycles. The Morgan fingerprint density at radius 3 is 2.62 bits per heavy atom. The molecule has 13 heavy (non-hydrogen) atoms. The standard InChI is InChI=1S/C9H6FN3/c10-9-6(1-2-11)3-8(13)4-7(9)5-12/h3-4H,1,13H2. The molecule has 0 saturated carbocycles. The van der Waals surface area contributed by atoms with Crippen molar-refractivity contribution >= 4 is 5.69 Å². The second-order valence-electron chi connectivity index (χ2n) is 2.49. The zero-order valence-electron chi connectivity index (χ0n) is 6.71. The van der Waals surface area contributed by atoms with Crippen molar-refractivity contribution in [1.82, 2.24) is 0 Å². The van der Waals surface area contributed by atoms with E-state index in [4.69, 9.17) is 16.3 Å². The number of anilines is 1. The molecular weight excluding hydrogens is 169 g/mol. The molecule has 1 rings (SSSR count). The van der Waals surface area contributed by atoms with Crippen LogP contribution < -0.4 is 5.73 Å². The lowest BCUT2D eigenvalue weighted by molar-refractivity contribution is 0.611. The smallest absolute Gasteiger partial charge is 0.145 e. The number of nitrogens with zero attached hydrogens (tertiary/aromatic N) is 2. The normalized spacial score (nSPS) is 8.85. The average Bonchev–Trinajstić information content (AvgIpc) is 2.11. The highest BCUT2D eigenvalue weighted by Gasteiger charge is 2.08. The van der Waals surface area contributed by atoms with Crippen molar-refractivity contribution in [3.8, 4) is 12.1 Å². The predicted octanol–water partition coefficient (Wildman–Crippen LogP) is 1.35. The Morgan fingerprint density at radius 1 is 1.38 bits per heavy atom. The Bertz CT molecular complexity index is 412. The second kappa shape index (κ2) is 3.55. The molecule has 0 aliphatic rings. The van der Waals surface area contributed by atoms with Crippen LogP contribution in [0.5, 0.6) is 0 Å². The molecule has 0 atom stereocenters. The first-order chi connectivity index (χ1) is 6.19. The largest absolute Gasteiger partial charge is 0.399 e. The number of hydrogen-bond acceptors (Lipinski definition) is 3. The van der Waals surface area contributed by atoms with Crippen molar-refractivity contribution in [2.24, 2.45) is 0 Å². The highest BCUT2D eigenvalue weighted by Crippen LogP contribution is 2.17. The molecule has 0 radical (unpaired) electrons. The maximum absolute atomic E-state index is 13.2. The molecule has 0 fully saturated rings. The van der Waals surface area contributed by atoms with Gasteiger partial charge in [-0.1, -0.05) is 0 Å². The molecule has 0 amide bonds. The van der Waals surface area contributed by atoms with Gasteiger partial charge in [-0.25, -0.2) is 4.39 Å². The molecule has 0 bridgehead atoms. The molecule has 0 spiro atoms. The zero-order valence-corrected chi connectivity index (χ0v) is 6.71. The molecule has 64 valence electrons. The molecule has 3 nitrogen and oxygen atoms in total. The maximum Gasteiger partial charge on any atom is 0.145 e. The van der Waals surface area contributed by atoms with Gasteiger partial charge in [-0.15, -0.1) is 0 Å². The van der Waals surface area contributed by atoms with E-state index in [-0.39, 0.29) is 17.5 Å². The number of hydrogen-bond donors (Lipinski definition) is 1. The maximum atomic E-state index is 13.2. The van der Waals surface area contributed by atoms with Crippen LogP contribution in [0.2, 0.25) is 0 Å². The second-order valence-corrected chi connectivity index (χ2v) is 2.49. The molecule has 0 unspecified atom stereocenters. The lowest BCUT2D eigenvalue weighted by Crippen LogP contribution is -1.96. The quantitative estimate of drug-likeness (QED) is 0.654. The summed E-state index contributed by atoms with van der Waals surface area (Å²) in [6.07, 6.45) is -0.0778. The molecule has 1 aromatic rings. The van der Waals surface area contributed by atoms with Crippen LogP contribution in [-0.2, 0) is 6.42 Å². The summed E-state index contributed by atoms with van der Waals surface area (Å²) < 4.78 is 13.2. The van der Waals surface area contributed by atoms with Crippen LogP contribution in [0, 0.1) is 28.5 Å². The van der Waals surface area contributed by atoms with E-state index in [9.17, 15) is 4.39 Å². The van der Waals surface area contributed by atoms with Gasteiger partial charge in [-0.2, -0.15) is 10.5 Å². The third-order valence-corrected chi connectivity index (χ3v) is 1.56. The van der Waals surface area contributed by atoms with E-state index in [2.05, 4.69) is 0 Å². The molecule has 2 N–H and O–H groups in total. The molecule has 0 aliphatic heterocycles. The van der Waals surface area contributed by atoms with E-state index in [1.165, 1.54) is 12.1 Å². The number of nitrogens with two attached hydrogens (primary N) is 1. The van der Waals surface area contributed by atoms with Crippen LogP contribution in [0.1, 0.15) is 11.1 Å². The Morgan fingerprint density at radius 2 is 2.08 bits per heavy atom. The van der Waals surface area contributed by atoms with Crippen molar-refractivity contribution < 1.29 is 4.39 Å². The number of halogens is 1. The fraction of sp³-hybridized carbons (Fsp3) is 0.111. The van der Waals surface area contributed by atoms with Crippen LogP contribution in [0.3, 0.4) is 0 Å². The van der Waals surface area contributed by atoms with Gasteiger partial charge in [0.25, 0.3) is 0 Å². The van der Waals surface area contributed by atoms with Gasteiger partial charge in [-0.3, -0.25) is 0 Å². The van der Waals surface area contributed by atoms with Crippen LogP contribution in [0.4, 0.5) is 10.1 Å². The summed E-state index contributed by atoms with van der Waals surface area (Å²) in [6, 6.07) is 6.08. The van der Waals surface area contributed by atoms with E-state index in [0.29, 0.717) is 5.69 Å². The predicted molar refractivity (Wildman–Crippen MR) is 44.8 cm³/mol. The van der Waals surface area contributed by atoms with E-state index < -0.39 is 5.82 Å². The highest BCUT2D eigenvalue weighted by molar-refractivity contribution is 5.50. The van der Waals surface area contributed by atoms with Gasteiger partial charge in [-0.05, 0) is 12.1 Å². The molecule has 0 aliphatic carbocycles. The first kappa shape index (κ1) is 9.02. The average molecular weight is 175 g/mol. The van der Waals surface area contributed by atoms with Gasteiger partial charge < -0.3 is 5.73 Å². The van der Waals surface area contributed by atoms with Gasteiger partial charge in [0.15, 0.2) is 0 Å². The number of nitrogen functional groups attached to an aromatic ring is 1. The van der Waals surface area contributed by atoms with Crippen molar-refractivity contribution in [1.29, 1.82) is 10.5 Å². The van der Waals surface area contributed by atoms with Crippen LogP contribution in [0.25, 0.3) is 0 Å². The zero-order chi connectivity index (χ0) is 9.84. The van der Waals surface area contributed by atoms with Crippen LogP contribution >= 0.6 is 0 Å². The summed E-state index contributed by atoms with van der Waals surface area (Å²) in [4.78, 5) is 0. The molecule has 1 aromatic carbocycles. The van der Waals surface area contributed by atoms with E-state index in [0.717, 1.165) is 0 Å². The minimum atomic E-state index is -0.654. The fourth-order valence-electron chi connectivity index (χ4n) is 1.00. The fourth-order valence-corrected chi connectivity index (χ4v) is 1.00. The summed E-state index contributed by atoms with van der Waals surface area (Å²) in [6.45, 7) is 0. The number of benzene rings is 1. The van der Waals surface area contributed by atoms with Gasteiger partial charge in [0.1, 0.15) is 11.9 Å². The topological polar surface area (TPSA) is 73.6 Å². The minimum absolute atomic E-state index is 0.0778. The van der Waals surface area contributed by atoms with Gasteiger partial charge in [0.05, 0.1) is 18.1 Å². The van der Waals surface area contributed by atoms with Gasteiger partial charge in [0, 0.05) is 11.3 Å². The van der Waals surface area contributed by atoms with E-state index in [1.807, 2.05) is 0 Å². The highest BCUT2D eigenvalue weighted by atomic mass is 19.1. The SMILES string of the molecule is N#CCc1cc(N)cc(C#N)c1F. The summed E-state index contributed by atoms with van der Waals surface area (Å²) in [5.74, 6) is -0.654. The molecule has 4 heteroatoms. The summed E-state index contributed by atoms with van der Waals surface area (Å²) in [5.41, 5.74) is 5.75. The summed E-state index contributed by atoms with van der Waals surface area (Å²) in [5, 5.41) is 16.9. The monoisotopic (exact) mass is 175 g/mol. The van der Waals surface area contributed by atoms with Crippen LogP contribution in [-0.4, -0.2) is 0 Å². The van der Waals surface area contributed by atoms with Crippen molar-refractivity contribution in [2.45, 2.75) is 6.42 Å². The molecular formula is C9H6FN3. The molecule has 0 saturated heterocycles. The third-order valence-electron chi connectivity index (χ3n) is 1.56. The van der Waals surface area contributed by atoms with E-state index >= 15 is 0 Å². The first-order valence-corrected chi connectivity index (χ1v) is 3.54. The summed E-state index contributed by atoms with van der Waals surface area (Å²) in [7, 11) is 0. The third kappa shape index (κ3) is 1.74.